The highest BCUT2D eigenvalue weighted by molar-refractivity contribution is 5.95. The number of anilines is 1. The maximum atomic E-state index is 13.4. The van der Waals surface area contributed by atoms with Crippen molar-refractivity contribution in [3.8, 4) is 6.07 Å². The molecule has 0 atom stereocenters. The first kappa shape index (κ1) is 25.4. The Labute approximate surface area is 205 Å². The van der Waals surface area contributed by atoms with Gasteiger partial charge in [0.1, 0.15) is 12.2 Å². The minimum Gasteiger partial charge on any atom is -0.444 e. The van der Waals surface area contributed by atoms with Crippen LogP contribution in [0.1, 0.15) is 53.5 Å². The molecule has 8 nitrogen and oxygen atoms in total. The van der Waals surface area contributed by atoms with Crippen molar-refractivity contribution in [2.75, 3.05) is 5.32 Å². The zero-order valence-electron chi connectivity index (χ0n) is 20.2. The number of carbonyl (C=O) groups excluding carboxylic acids is 2. The van der Waals surface area contributed by atoms with Gasteiger partial charge >= 0.3 is 6.09 Å². The number of aromatic nitrogens is 1. The van der Waals surface area contributed by atoms with Gasteiger partial charge in [-0.25, -0.2) is 9.86 Å². The number of nitriles is 1. The van der Waals surface area contributed by atoms with Crippen molar-refractivity contribution in [1.82, 2.24) is 10.0 Å². The third-order valence-corrected chi connectivity index (χ3v) is 4.84. The van der Waals surface area contributed by atoms with Crippen molar-refractivity contribution in [2.45, 2.75) is 46.4 Å². The number of ether oxygens (including phenoxy) is 1. The van der Waals surface area contributed by atoms with E-state index in [0.717, 1.165) is 5.56 Å². The third-order valence-electron chi connectivity index (χ3n) is 4.84. The number of rotatable bonds is 7. The third kappa shape index (κ3) is 7.66. The summed E-state index contributed by atoms with van der Waals surface area (Å²) in [6, 6.07) is 19.5. The fourth-order valence-corrected chi connectivity index (χ4v) is 3.15. The molecule has 0 spiro atoms. The smallest absolute Gasteiger partial charge is 0.412 e. The second-order valence-corrected chi connectivity index (χ2v) is 8.90. The molecule has 3 rings (SSSR count). The van der Waals surface area contributed by atoms with E-state index < -0.39 is 11.7 Å². The number of benzene rings is 2. The van der Waals surface area contributed by atoms with E-state index in [-0.39, 0.29) is 19.1 Å². The van der Waals surface area contributed by atoms with Crippen LogP contribution >= 0.6 is 0 Å². The van der Waals surface area contributed by atoms with Gasteiger partial charge in [0.15, 0.2) is 0 Å². The van der Waals surface area contributed by atoms with Gasteiger partial charge < -0.3 is 4.74 Å². The van der Waals surface area contributed by atoms with E-state index in [4.69, 9.17) is 14.8 Å². The fourth-order valence-electron chi connectivity index (χ4n) is 3.15. The van der Waals surface area contributed by atoms with E-state index in [9.17, 15) is 9.59 Å². The van der Waals surface area contributed by atoms with E-state index in [1.54, 1.807) is 82.4 Å². The Morgan fingerprint density at radius 3 is 2.43 bits per heavy atom. The molecule has 35 heavy (non-hydrogen) atoms. The zero-order valence-corrected chi connectivity index (χ0v) is 20.2. The number of nitrogens with zero attached hydrogens (tertiary/aromatic N) is 3. The lowest BCUT2D eigenvalue weighted by Crippen LogP contribution is -2.31. The Morgan fingerprint density at radius 2 is 1.83 bits per heavy atom. The molecular formula is C27H28N4O4. The Kier molecular flexibility index (Phi) is 8.18. The Bertz CT molecular complexity index is 1210. The summed E-state index contributed by atoms with van der Waals surface area (Å²) in [5.41, 5.74) is 3.03. The first-order valence-corrected chi connectivity index (χ1v) is 11.1. The number of carbonyl (C=O) groups is 2. The van der Waals surface area contributed by atoms with Crippen LogP contribution in [0.25, 0.3) is 0 Å². The molecule has 0 saturated carbocycles. The lowest BCUT2D eigenvalue weighted by atomic mass is 10.1. The number of pyridine rings is 1. The van der Waals surface area contributed by atoms with Gasteiger partial charge in [-0.1, -0.05) is 18.2 Å². The van der Waals surface area contributed by atoms with Crippen molar-refractivity contribution in [3.05, 3.63) is 94.8 Å². The van der Waals surface area contributed by atoms with Crippen LogP contribution in [0.3, 0.4) is 0 Å². The summed E-state index contributed by atoms with van der Waals surface area (Å²) in [5.74, 6) is -0.350. The molecule has 0 fully saturated rings. The zero-order chi connectivity index (χ0) is 25.4. The van der Waals surface area contributed by atoms with Crippen molar-refractivity contribution in [3.63, 3.8) is 0 Å². The summed E-state index contributed by atoms with van der Waals surface area (Å²) in [5, 5.41) is 13.0. The average Bonchev–Trinajstić information content (AvgIpc) is 2.82. The highest BCUT2D eigenvalue weighted by Gasteiger charge is 2.20. The number of amides is 2. The molecule has 0 aliphatic rings. The highest BCUT2D eigenvalue weighted by atomic mass is 16.7. The molecule has 180 valence electrons. The summed E-state index contributed by atoms with van der Waals surface area (Å²) in [6.45, 7) is 7.44. The predicted octanol–water partition coefficient (Wildman–Crippen LogP) is 5.38. The molecule has 1 N–H and O–H groups in total. The quantitative estimate of drug-likeness (QED) is 0.463. The van der Waals surface area contributed by atoms with Crippen molar-refractivity contribution >= 4 is 17.7 Å². The Hall–Kier alpha value is -4.22. The van der Waals surface area contributed by atoms with Gasteiger partial charge in [0.2, 0.25) is 0 Å². The molecule has 3 aromatic rings. The summed E-state index contributed by atoms with van der Waals surface area (Å²) < 4.78 is 5.30. The van der Waals surface area contributed by atoms with Gasteiger partial charge in [-0.15, -0.1) is 0 Å². The number of hydrogen-bond donors (Lipinski definition) is 1. The van der Waals surface area contributed by atoms with Crippen molar-refractivity contribution in [2.24, 2.45) is 0 Å². The predicted molar refractivity (Wildman–Crippen MR) is 131 cm³/mol. The van der Waals surface area contributed by atoms with Crippen LogP contribution in [0.4, 0.5) is 10.5 Å². The van der Waals surface area contributed by atoms with E-state index in [1.807, 2.05) is 12.1 Å². The first-order chi connectivity index (χ1) is 16.6. The number of hydroxylamine groups is 2. The summed E-state index contributed by atoms with van der Waals surface area (Å²) >= 11 is 0. The minimum atomic E-state index is -0.620. The SMILES string of the molecule is Cc1cc(C(=O)N(Cc2ccc(C#N)cc2)OCc2ccccn2)ccc1NC(=O)OC(C)(C)C. The van der Waals surface area contributed by atoms with Crippen molar-refractivity contribution in [1.29, 1.82) is 5.26 Å². The van der Waals surface area contributed by atoms with Crippen LogP contribution in [-0.4, -0.2) is 27.6 Å². The molecule has 0 radical (unpaired) electrons. The molecule has 2 amide bonds. The van der Waals surface area contributed by atoms with Crippen LogP contribution in [-0.2, 0) is 22.7 Å². The first-order valence-electron chi connectivity index (χ1n) is 11.1. The van der Waals surface area contributed by atoms with E-state index in [1.165, 1.54) is 5.06 Å². The highest BCUT2D eigenvalue weighted by Crippen LogP contribution is 2.21. The van der Waals surface area contributed by atoms with Crippen LogP contribution in [0.2, 0.25) is 0 Å². The van der Waals surface area contributed by atoms with Gasteiger partial charge in [0.25, 0.3) is 5.91 Å². The van der Waals surface area contributed by atoms with Crippen LogP contribution < -0.4 is 5.32 Å². The van der Waals surface area contributed by atoms with Crippen LogP contribution in [0.5, 0.6) is 0 Å². The van der Waals surface area contributed by atoms with E-state index in [2.05, 4.69) is 16.4 Å². The Balaban J connectivity index is 1.79. The summed E-state index contributed by atoms with van der Waals surface area (Å²) in [7, 11) is 0. The Morgan fingerprint density at radius 1 is 1.09 bits per heavy atom. The van der Waals surface area contributed by atoms with Gasteiger partial charge in [-0.2, -0.15) is 5.26 Å². The summed E-state index contributed by atoms with van der Waals surface area (Å²) in [4.78, 5) is 35.6. The van der Waals surface area contributed by atoms with Gasteiger partial charge in [-0.3, -0.25) is 19.9 Å². The molecule has 0 aliphatic carbocycles. The minimum absolute atomic E-state index is 0.111. The monoisotopic (exact) mass is 472 g/mol. The second-order valence-electron chi connectivity index (χ2n) is 8.90. The molecule has 2 aromatic carbocycles. The molecule has 0 unspecified atom stereocenters. The lowest BCUT2D eigenvalue weighted by Gasteiger charge is -2.23. The normalized spacial score (nSPS) is 10.8. The largest absolute Gasteiger partial charge is 0.444 e. The molecule has 1 aromatic heterocycles. The lowest BCUT2D eigenvalue weighted by molar-refractivity contribution is -0.141. The topological polar surface area (TPSA) is 105 Å². The average molecular weight is 473 g/mol. The van der Waals surface area contributed by atoms with E-state index in [0.29, 0.717) is 28.1 Å². The molecule has 0 saturated heterocycles. The number of nitrogens with one attached hydrogen (secondary N) is 1. The standard InChI is InChI=1S/C27H28N4O4/c1-19-15-22(12-13-24(19)30-26(33)35-27(2,3)4)25(32)31(34-18-23-7-5-6-14-29-23)17-21-10-8-20(16-28)9-11-21/h5-15H,17-18H2,1-4H3,(H,30,33). The van der Waals surface area contributed by atoms with Gasteiger partial charge in [0, 0.05) is 17.4 Å². The maximum absolute atomic E-state index is 13.4. The molecule has 8 heteroatoms. The van der Waals surface area contributed by atoms with Gasteiger partial charge in [-0.05, 0) is 81.3 Å². The number of hydrogen-bond acceptors (Lipinski definition) is 6. The van der Waals surface area contributed by atoms with Gasteiger partial charge in [0.05, 0.1) is 23.9 Å². The molecular weight excluding hydrogens is 444 g/mol. The van der Waals surface area contributed by atoms with Crippen molar-refractivity contribution < 1.29 is 19.2 Å². The fraction of sp³-hybridized carbons (Fsp3) is 0.259. The number of aryl methyl sites for hydroxylation is 1. The second kappa shape index (κ2) is 11.3. The van der Waals surface area contributed by atoms with Crippen LogP contribution in [0.15, 0.2) is 66.9 Å². The summed E-state index contributed by atoms with van der Waals surface area (Å²) in [6.07, 6.45) is 1.09. The van der Waals surface area contributed by atoms with Crippen LogP contribution in [0, 0.1) is 18.3 Å². The molecule has 0 aliphatic heterocycles. The van der Waals surface area contributed by atoms with E-state index >= 15 is 0 Å². The molecule has 1 heterocycles. The maximum Gasteiger partial charge on any atom is 0.412 e. The molecule has 0 bridgehead atoms.